The van der Waals surface area contributed by atoms with E-state index < -0.39 is 0 Å². The summed E-state index contributed by atoms with van der Waals surface area (Å²) in [5.74, 6) is 0.199. The van der Waals surface area contributed by atoms with Gasteiger partial charge in [0.25, 0.3) is 5.91 Å². The molecule has 0 aliphatic carbocycles. The number of aromatic nitrogens is 3. The lowest BCUT2D eigenvalue weighted by molar-refractivity contribution is 0.102. The van der Waals surface area contributed by atoms with Gasteiger partial charge in [-0.15, -0.1) is 0 Å². The van der Waals surface area contributed by atoms with Gasteiger partial charge in [-0.1, -0.05) is 26.8 Å². The van der Waals surface area contributed by atoms with Crippen LogP contribution in [-0.4, -0.2) is 21.1 Å². The molecule has 20 heavy (non-hydrogen) atoms. The molecule has 106 valence electrons. The Balaban J connectivity index is 2.09. The summed E-state index contributed by atoms with van der Waals surface area (Å²) in [4.78, 5) is 16.1. The Morgan fingerprint density at radius 2 is 2.15 bits per heavy atom. The lowest BCUT2D eigenvalue weighted by atomic mass is 9.92. The minimum absolute atomic E-state index is 0.0446. The van der Waals surface area contributed by atoms with Gasteiger partial charge in [0.2, 0.25) is 0 Å². The van der Waals surface area contributed by atoms with Crippen molar-refractivity contribution in [2.75, 3.05) is 5.32 Å². The number of aromatic amines is 1. The van der Waals surface area contributed by atoms with Gasteiger partial charge in [-0.25, -0.2) is 0 Å². The van der Waals surface area contributed by atoms with E-state index >= 15 is 0 Å². The molecule has 0 aliphatic heterocycles. The van der Waals surface area contributed by atoms with Crippen molar-refractivity contribution < 1.29 is 4.79 Å². The second-order valence-corrected chi connectivity index (χ2v) is 5.63. The Hall–Kier alpha value is -2.21. The second-order valence-electron chi connectivity index (χ2n) is 5.63. The van der Waals surface area contributed by atoms with Crippen molar-refractivity contribution >= 4 is 11.7 Å². The normalized spacial score (nSPS) is 11.4. The lowest BCUT2D eigenvalue weighted by Gasteiger charge is -2.14. The zero-order valence-corrected chi connectivity index (χ0v) is 11.9. The van der Waals surface area contributed by atoms with Crippen LogP contribution in [0.25, 0.3) is 0 Å². The van der Waals surface area contributed by atoms with E-state index in [1.54, 1.807) is 18.3 Å². The van der Waals surface area contributed by atoms with Crippen molar-refractivity contribution in [1.82, 2.24) is 15.2 Å². The molecule has 0 aliphatic rings. The van der Waals surface area contributed by atoms with Gasteiger partial charge in [0.05, 0.1) is 0 Å². The molecular formula is C14H19N5O. The van der Waals surface area contributed by atoms with Gasteiger partial charge in [0, 0.05) is 29.9 Å². The zero-order valence-electron chi connectivity index (χ0n) is 11.9. The Kier molecular flexibility index (Phi) is 3.85. The molecule has 4 N–H and O–H groups in total. The number of nitrogens with two attached hydrogens (primary N) is 1. The molecule has 0 saturated heterocycles. The Labute approximate surface area is 117 Å². The van der Waals surface area contributed by atoms with E-state index in [1.807, 2.05) is 6.07 Å². The van der Waals surface area contributed by atoms with Crippen LogP contribution in [0, 0.1) is 0 Å². The minimum atomic E-state index is -0.291. The maximum atomic E-state index is 12.0. The third-order valence-electron chi connectivity index (χ3n) is 2.92. The van der Waals surface area contributed by atoms with Crippen LogP contribution < -0.4 is 11.1 Å². The quantitative estimate of drug-likeness (QED) is 0.794. The summed E-state index contributed by atoms with van der Waals surface area (Å²) in [5, 5.41) is 9.71. The van der Waals surface area contributed by atoms with Gasteiger partial charge in [-0.05, 0) is 11.6 Å². The van der Waals surface area contributed by atoms with Crippen LogP contribution in [0.4, 0.5) is 5.82 Å². The van der Waals surface area contributed by atoms with E-state index in [9.17, 15) is 4.79 Å². The standard InChI is InChI=1S/C14H19N5O/c1-14(2,3)11-6-12(19-18-11)17-13(20)10-5-4-9(7-15)8-16-10/h4-6,8H,7,15H2,1-3H3,(H2,17,18,19,20). The number of hydrogen-bond acceptors (Lipinski definition) is 4. The molecule has 2 rings (SSSR count). The van der Waals surface area contributed by atoms with E-state index in [4.69, 9.17) is 5.73 Å². The van der Waals surface area contributed by atoms with E-state index in [0.29, 0.717) is 18.1 Å². The molecule has 0 bridgehead atoms. The molecule has 6 nitrogen and oxygen atoms in total. The fourth-order valence-electron chi connectivity index (χ4n) is 1.63. The molecule has 2 aromatic heterocycles. The van der Waals surface area contributed by atoms with E-state index in [1.165, 1.54) is 0 Å². The number of nitrogens with one attached hydrogen (secondary N) is 2. The summed E-state index contributed by atoms with van der Waals surface area (Å²) in [6.45, 7) is 6.61. The molecule has 0 saturated carbocycles. The molecule has 0 atom stereocenters. The fourth-order valence-corrected chi connectivity index (χ4v) is 1.63. The number of anilines is 1. The zero-order chi connectivity index (χ0) is 14.8. The molecule has 6 heteroatoms. The van der Waals surface area contributed by atoms with Crippen molar-refractivity contribution in [3.05, 3.63) is 41.3 Å². The first kappa shape index (κ1) is 14.2. The molecule has 0 spiro atoms. The van der Waals surface area contributed by atoms with Crippen molar-refractivity contribution in [2.45, 2.75) is 32.7 Å². The third kappa shape index (κ3) is 3.21. The Morgan fingerprint density at radius 1 is 1.40 bits per heavy atom. The van der Waals surface area contributed by atoms with Crippen LogP contribution in [0.2, 0.25) is 0 Å². The van der Waals surface area contributed by atoms with E-state index in [-0.39, 0.29) is 11.3 Å². The number of amides is 1. The third-order valence-corrected chi connectivity index (χ3v) is 2.92. The summed E-state index contributed by atoms with van der Waals surface area (Å²) in [6.07, 6.45) is 1.60. The van der Waals surface area contributed by atoms with Crippen molar-refractivity contribution in [2.24, 2.45) is 5.73 Å². The second kappa shape index (κ2) is 5.42. The number of pyridine rings is 1. The predicted octanol–water partition coefficient (Wildman–Crippen LogP) is 1.81. The highest BCUT2D eigenvalue weighted by atomic mass is 16.1. The van der Waals surface area contributed by atoms with Crippen molar-refractivity contribution in [3.8, 4) is 0 Å². The minimum Gasteiger partial charge on any atom is -0.326 e. The highest BCUT2D eigenvalue weighted by Crippen LogP contribution is 2.22. The first-order valence-corrected chi connectivity index (χ1v) is 6.42. The highest BCUT2D eigenvalue weighted by molar-refractivity contribution is 6.02. The molecule has 2 heterocycles. The van der Waals surface area contributed by atoms with Crippen LogP contribution in [0.3, 0.4) is 0 Å². The molecule has 0 unspecified atom stereocenters. The van der Waals surface area contributed by atoms with Gasteiger partial charge < -0.3 is 11.1 Å². The average Bonchev–Trinajstić information content (AvgIpc) is 2.87. The largest absolute Gasteiger partial charge is 0.326 e. The number of H-pyrrole nitrogens is 1. The lowest BCUT2D eigenvalue weighted by Crippen LogP contribution is -2.14. The summed E-state index contributed by atoms with van der Waals surface area (Å²) in [6, 6.07) is 5.26. The summed E-state index contributed by atoms with van der Waals surface area (Å²) in [7, 11) is 0. The smallest absolute Gasteiger partial charge is 0.275 e. The SMILES string of the molecule is CC(C)(C)c1cc(NC(=O)c2ccc(CN)cn2)n[nH]1. The van der Waals surface area contributed by atoms with Gasteiger partial charge in [0.1, 0.15) is 5.69 Å². The van der Waals surface area contributed by atoms with Crippen LogP contribution in [-0.2, 0) is 12.0 Å². The monoisotopic (exact) mass is 273 g/mol. The first-order valence-electron chi connectivity index (χ1n) is 6.42. The van der Waals surface area contributed by atoms with Crippen LogP contribution >= 0.6 is 0 Å². The van der Waals surface area contributed by atoms with E-state index in [2.05, 4.69) is 41.3 Å². The van der Waals surface area contributed by atoms with Crippen molar-refractivity contribution in [1.29, 1.82) is 0 Å². The van der Waals surface area contributed by atoms with Crippen LogP contribution in [0.15, 0.2) is 24.4 Å². The number of nitrogens with zero attached hydrogens (tertiary/aromatic N) is 2. The maximum absolute atomic E-state index is 12.0. The predicted molar refractivity (Wildman–Crippen MR) is 77.4 cm³/mol. The summed E-state index contributed by atoms with van der Waals surface area (Å²) in [5.41, 5.74) is 7.62. The van der Waals surface area contributed by atoms with Crippen LogP contribution in [0.5, 0.6) is 0 Å². The highest BCUT2D eigenvalue weighted by Gasteiger charge is 2.17. The molecule has 0 fully saturated rings. The van der Waals surface area contributed by atoms with Gasteiger partial charge in [-0.2, -0.15) is 5.10 Å². The molecule has 0 radical (unpaired) electrons. The Bertz CT molecular complexity index is 595. The number of hydrogen-bond donors (Lipinski definition) is 3. The molecule has 0 aromatic carbocycles. The van der Waals surface area contributed by atoms with Gasteiger partial charge >= 0.3 is 0 Å². The molecule has 2 aromatic rings. The van der Waals surface area contributed by atoms with Gasteiger partial charge in [0.15, 0.2) is 5.82 Å². The number of rotatable bonds is 3. The summed E-state index contributed by atoms with van der Waals surface area (Å²) < 4.78 is 0. The summed E-state index contributed by atoms with van der Waals surface area (Å²) >= 11 is 0. The molecular weight excluding hydrogens is 254 g/mol. The molecule has 1 amide bonds. The van der Waals surface area contributed by atoms with Crippen LogP contribution in [0.1, 0.15) is 42.5 Å². The maximum Gasteiger partial charge on any atom is 0.275 e. The average molecular weight is 273 g/mol. The fraction of sp³-hybridized carbons (Fsp3) is 0.357. The van der Waals surface area contributed by atoms with Crippen molar-refractivity contribution in [3.63, 3.8) is 0 Å². The topological polar surface area (TPSA) is 96.7 Å². The number of carbonyl (C=O) groups excluding carboxylic acids is 1. The first-order chi connectivity index (χ1) is 9.40. The Morgan fingerprint density at radius 3 is 2.65 bits per heavy atom. The van der Waals surface area contributed by atoms with Gasteiger partial charge in [-0.3, -0.25) is 14.9 Å². The van der Waals surface area contributed by atoms with E-state index in [0.717, 1.165) is 11.3 Å². The number of carbonyl (C=O) groups is 1.